The fourth-order valence-electron chi connectivity index (χ4n) is 3.02. The molecule has 0 aromatic carbocycles. The minimum absolute atomic E-state index is 0.0251. The van der Waals surface area contributed by atoms with E-state index in [1.54, 1.807) is 0 Å². The third kappa shape index (κ3) is 3.38. The zero-order chi connectivity index (χ0) is 13.4. The summed E-state index contributed by atoms with van der Waals surface area (Å²) in [5, 5.41) is 3.56. The first kappa shape index (κ1) is 14.1. The van der Waals surface area contributed by atoms with Gasteiger partial charge in [-0.25, -0.2) is 0 Å². The Morgan fingerprint density at radius 3 is 2.50 bits per heavy atom. The van der Waals surface area contributed by atoms with Crippen molar-refractivity contribution in [2.24, 2.45) is 5.92 Å². The van der Waals surface area contributed by atoms with Crippen LogP contribution in [0.25, 0.3) is 0 Å². The monoisotopic (exact) mass is 264 g/mol. The van der Waals surface area contributed by atoms with Crippen molar-refractivity contribution in [3.63, 3.8) is 0 Å². The Balaban J connectivity index is 1.94. The number of piperazine rings is 1. The van der Waals surface area contributed by atoms with Crippen molar-refractivity contribution < 1.29 is 13.2 Å². The first-order valence-corrected chi connectivity index (χ1v) is 6.90. The van der Waals surface area contributed by atoms with Gasteiger partial charge in [-0.15, -0.1) is 0 Å². The summed E-state index contributed by atoms with van der Waals surface area (Å²) in [5.41, 5.74) is 0.0251. The Bertz CT molecular complexity index is 288. The van der Waals surface area contributed by atoms with Gasteiger partial charge in [0.05, 0.1) is 6.42 Å². The molecule has 106 valence electrons. The van der Waals surface area contributed by atoms with Crippen LogP contribution < -0.4 is 5.32 Å². The molecule has 1 saturated heterocycles. The van der Waals surface area contributed by atoms with Crippen molar-refractivity contribution in [3.8, 4) is 0 Å². The second-order valence-corrected chi connectivity index (χ2v) is 5.97. The van der Waals surface area contributed by atoms with Crippen LogP contribution in [-0.2, 0) is 0 Å². The van der Waals surface area contributed by atoms with Crippen molar-refractivity contribution >= 4 is 0 Å². The summed E-state index contributed by atoms with van der Waals surface area (Å²) >= 11 is 0. The highest BCUT2D eigenvalue weighted by Gasteiger charge is 2.46. The smallest absolute Gasteiger partial charge is 0.308 e. The lowest BCUT2D eigenvalue weighted by molar-refractivity contribution is -0.140. The molecule has 1 aliphatic carbocycles. The molecular formula is C13H23F3N2. The van der Waals surface area contributed by atoms with E-state index in [4.69, 9.17) is 0 Å². The molecule has 2 unspecified atom stereocenters. The molecule has 2 nitrogen and oxygen atoms in total. The van der Waals surface area contributed by atoms with Crippen LogP contribution in [0, 0.1) is 5.92 Å². The maximum atomic E-state index is 12.4. The topological polar surface area (TPSA) is 15.3 Å². The number of halogens is 3. The number of alkyl halides is 3. The van der Waals surface area contributed by atoms with E-state index in [9.17, 15) is 13.2 Å². The molecule has 0 aromatic heterocycles. The standard InChI is InChI=1S/C13H23F3N2/c1-3-11-8-17-12(2,10-4-5-10)9-18(11)7-6-13(14,15)16/h10-11,17H,3-9H2,1-2H3. The Morgan fingerprint density at radius 2 is 2.00 bits per heavy atom. The van der Waals surface area contributed by atoms with Crippen LogP contribution in [0.3, 0.4) is 0 Å². The van der Waals surface area contributed by atoms with Crippen molar-refractivity contribution in [1.29, 1.82) is 0 Å². The third-order valence-corrected chi connectivity index (χ3v) is 4.42. The molecule has 1 saturated carbocycles. The minimum atomic E-state index is -4.04. The molecule has 2 fully saturated rings. The van der Waals surface area contributed by atoms with Crippen LogP contribution in [0.2, 0.25) is 0 Å². The third-order valence-electron chi connectivity index (χ3n) is 4.42. The highest BCUT2D eigenvalue weighted by molar-refractivity contribution is 5.03. The minimum Gasteiger partial charge on any atom is -0.308 e. The Kier molecular flexibility index (Phi) is 3.93. The van der Waals surface area contributed by atoms with Crippen molar-refractivity contribution in [2.75, 3.05) is 19.6 Å². The molecule has 18 heavy (non-hydrogen) atoms. The van der Waals surface area contributed by atoms with E-state index in [1.165, 1.54) is 12.8 Å². The Labute approximate surface area is 107 Å². The molecule has 1 N–H and O–H groups in total. The Morgan fingerprint density at radius 1 is 1.33 bits per heavy atom. The van der Waals surface area contributed by atoms with Crippen LogP contribution in [0.15, 0.2) is 0 Å². The van der Waals surface area contributed by atoms with Crippen LogP contribution >= 0.6 is 0 Å². The summed E-state index contributed by atoms with van der Waals surface area (Å²) in [6.45, 7) is 5.93. The molecule has 0 bridgehead atoms. The maximum absolute atomic E-state index is 12.4. The number of rotatable bonds is 4. The van der Waals surface area contributed by atoms with E-state index in [2.05, 4.69) is 12.2 Å². The SMILES string of the molecule is CCC1CNC(C)(C2CC2)CN1CCC(F)(F)F. The van der Waals surface area contributed by atoms with Gasteiger partial charge in [0.1, 0.15) is 0 Å². The normalized spacial score (nSPS) is 34.8. The number of hydrogen-bond donors (Lipinski definition) is 1. The first-order valence-electron chi connectivity index (χ1n) is 6.90. The van der Waals surface area contributed by atoms with E-state index in [-0.39, 0.29) is 18.1 Å². The fourth-order valence-corrected chi connectivity index (χ4v) is 3.02. The molecule has 2 aliphatic rings. The molecule has 0 spiro atoms. The van der Waals surface area contributed by atoms with Crippen molar-refractivity contribution in [2.45, 2.75) is 57.3 Å². The van der Waals surface area contributed by atoms with E-state index in [1.807, 2.05) is 11.8 Å². The van der Waals surface area contributed by atoms with Gasteiger partial charge in [0.25, 0.3) is 0 Å². The number of nitrogens with zero attached hydrogens (tertiary/aromatic N) is 1. The fraction of sp³-hybridized carbons (Fsp3) is 1.00. The van der Waals surface area contributed by atoms with Gasteiger partial charge >= 0.3 is 6.18 Å². The number of nitrogens with one attached hydrogen (secondary N) is 1. The van der Waals surface area contributed by atoms with Crippen LogP contribution in [0.5, 0.6) is 0 Å². The van der Waals surface area contributed by atoms with E-state index >= 15 is 0 Å². The van der Waals surface area contributed by atoms with E-state index in [0.29, 0.717) is 5.92 Å². The second-order valence-electron chi connectivity index (χ2n) is 5.97. The predicted octanol–water partition coefficient (Wildman–Crippen LogP) is 2.79. The van der Waals surface area contributed by atoms with Gasteiger partial charge < -0.3 is 5.32 Å². The molecule has 2 atom stereocenters. The van der Waals surface area contributed by atoms with Gasteiger partial charge in [-0.3, -0.25) is 4.90 Å². The predicted molar refractivity (Wildman–Crippen MR) is 65.5 cm³/mol. The van der Waals surface area contributed by atoms with Gasteiger partial charge in [0.2, 0.25) is 0 Å². The highest BCUT2D eigenvalue weighted by atomic mass is 19.4. The first-order chi connectivity index (χ1) is 8.34. The van der Waals surface area contributed by atoms with Gasteiger partial charge in [0.15, 0.2) is 0 Å². The second kappa shape index (κ2) is 5.00. The van der Waals surface area contributed by atoms with Crippen molar-refractivity contribution in [1.82, 2.24) is 10.2 Å². The number of hydrogen-bond acceptors (Lipinski definition) is 2. The molecular weight excluding hydrogens is 241 g/mol. The largest absolute Gasteiger partial charge is 0.390 e. The molecule has 1 heterocycles. The lowest BCUT2D eigenvalue weighted by atomic mass is 9.90. The summed E-state index contributed by atoms with van der Waals surface area (Å²) in [6.07, 6.45) is -1.39. The van der Waals surface area contributed by atoms with Gasteiger partial charge in [-0.2, -0.15) is 13.2 Å². The van der Waals surface area contributed by atoms with Crippen LogP contribution in [0.4, 0.5) is 13.2 Å². The van der Waals surface area contributed by atoms with Crippen LogP contribution in [-0.4, -0.2) is 42.3 Å². The zero-order valence-electron chi connectivity index (χ0n) is 11.2. The molecule has 0 amide bonds. The average Bonchev–Trinajstić information content (AvgIpc) is 3.09. The highest BCUT2D eigenvalue weighted by Crippen LogP contribution is 2.41. The molecule has 2 rings (SSSR count). The van der Waals surface area contributed by atoms with E-state index in [0.717, 1.165) is 19.5 Å². The summed E-state index contributed by atoms with van der Waals surface area (Å²) in [7, 11) is 0. The van der Waals surface area contributed by atoms with E-state index < -0.39 is 12.6 Å². The van der Waals surface area contributed by atoms with Gasteiger partial charge in [0, 0.05) is 31.2 Å². The maximum Gasteiger partial charge on any atom is 0.390 e. The lowest BCUT2D eigenvalue weighted by Gasteiger charge is -2.46. The van der Waals surface area contributed by atoms with Crippen LogP contribution in [0.1, 0.15) is 39.5 Å². The van der Waals surface area contributed by atoms with Gasteiger partial charge in [-0.05, 0) is 32.1 Å². The van der Waals surface area contributed by atoms with Gasteiger partial charge in [-0.1, -0.05) is 6.92 Å². The molecule has 1 aliphatic heterocycles. The Hall–Kier alpha value is -0.290. The summed E-state index contributed by atoms with van der Waals surface area (Å²) in [5.74, 6) is 0.656. The quantitative estimate of drug-likeness (QED) is 0.840. The van der Waals surface area contributed by atoms with Crippen molar-refractivity contribution in [3.05, 3.63) is 0 Å². The summed E-state index contributed by atoms with van der Waals surface area (Å²) in [6, 6.07) is 0.249. The zero-order valence-corrected chi connectivity index (χ0v) is 11.2. The lowest BCUT2D eigenvalue weighted by Crippen LogP contribution is -2.64. The molecule has 0 aromatic rings. The average molecular weight is 264 g/mol. The molecule has 0 radical (unpaired) electrons. The summed E-state index contributed by atoms with van der Waals surface area (Å²) in [4.78, 5) is 2.04. The summed E-state index contributed by atoms with van der Waals surface area (Å²) < 4.78 is 37.1. The molecule has 5 heteroatoms.